The summed E-state index contributed by atoms with van der Waals surface area (Å²) in [6.45, 7) is 0.821. The fourth-order valence-corrected chi connectivity index (χ4v) is 2.90. The predicted molar refractivity (Wildman–Crippen MR) is 70.3 cm³/mol. The van der Waals surface area contributed by atoms with Crippen molar-refractivity contribution in [3.63, 3.8) is 0 Å². The lowest BCUT2D eigenvalue weighted by Gasteiger charge is -2.33. The summed E-state index contributed by atoms with van der Waals surface area (Å²) in [6.07, 6.45) is -2.19. The average molecular weight is 316 g/mol. The van der Waals surface area contributed by atoms with E-state index in [9.17, 15) is 23.1 Å². The number of rotatable bonds is 3. The molecule has 2 aliphatic rings. The number of nitrogens with one attached hydrogen (secondary N) is 1. The maximum Gasteiger partial charge on any atom is 0.419 e. The van der Waals surface area contributed by atoms with E-state index in [0.29, 0.717) is 37.3 Å². The van der Waals surface area contributed by atoms with Gasteiger partial charge in [0.05, 0.1) is 11.6 Å². The van der Waals surface area contributed by atoms with Crippen molar-refractivity contribution in [1.82, 2.24) is 14.9 Å². The van der Waals surface area contributed by atoms with Crippen molar-refractivity contribution in [3.05, 3.63) is 18.0 Å². The van der Waals surface area contributed by atoms with Gasteiger partial charge >= 0.3 is 12.3 Å². The lowest BCUT2D eigenvalue weighted by Crippen LogP contribution is -2.47. The van der Waals surface area contributed by atoms with Crippen molar-refractivity contribution in [2.75, 3.05) is 18.4 Å². The lowest BCUT2D eigenvalue weighted by molar-refractivity contribution is -0.138. The van der Waals surface area contributed by atoms with Crippen molar-refractivity contribution in [1.29, 1.82) is 0 Å². The van der Waals surface area contributed by atoms with Crippen LogP contribution in [-0.2, 0) is 6.18 Å². The van der Waals surface area contributed by atoms with Crippen molar-refractivity contribution < 1.29 is 23.1 Å². The van der Waals surface area contributed by atoms with Crippen LogP contribution in [-0.4, -0.2) is 45.2 Å². The average Bonchev–Trinajstić information content (AvgIpc) is 3.21. The molecule has 1 saturated heterocycles. The molecule has 2 N–H and O–H groups in total. The van der Waals surface area contributed by atoms with Crippen molar-refractivity contribution in [2.24, 2.45) is 11.8 Å². The number of anilines is 1. The molecule has 6 nitrogen and oxygen atoms in total. The molecule has 1 aliphatic heterocycles. The lowest BCUT2D eigenvalue weighted by atomic mass is 10.0. The van der Waals surface area contributed by atoms with Gasteiger partial charge in [0.15, 0.2) is 0 Å². The number of alkyl halides is 3. The van der Waals surface area contributed by atoms with Gasteiger partial charge in [0.2, 0.25) is 5.95 Å². The first-order chi connectivity index (χ1) is 10.3. The second kappa shape index (κ2) is 5.29. The van der Waals surface area contributed by atoms with Gasteiger partial charge in [0, 0.05) is 25.5 Å². The quantitative estimate of drug-likeness (QED) is 0.894. The van der Waals surface area contributed by atoms with Crippen LogP contribution in [0.3, 0.4) is 0 Å². The highest BCUT2D eigenvalue weighted by Crippen LogP contribution is 2.47. The van der Waals surface area contributed by atoms with Crippen LogP contribution >= 0.6 is 0 Å². The highest BCUT2D eigenvalue weighted by Gasteiger charge is 2.47. The van der Waals surface area contributed by atoms with Crippen molar-refractivity contribution in [2.45, 2.75) is 25.1 Å². The van der Waals surface area contributed by atoms with Crippen LogP contribution in [0.1, 0.15) is 18.4 Å². The van der Waals surface area contributed by atoms with Crippen LogP contribution in [0.2, 0.25) is 0 Å². The minimum Gasteiger partial charge on any atom is -0.465 e. The first-order valence-electron chi connectivity index (χ1n) is 6.97. The molecule has 0 aromatic carbocycles. The Morgan fingerprint density at radius 2 is 2.00 bits per heavy atom. The highest BCUT2D eigenvalue weighted by molar-refractivity contribution is 5.66. The molecule has 0 unspecified atom stereocenters. The number of amides is 1. The molecule has 3 rings (SSSR count). The topological polar surface area (TPSA) is 78.4 Å². The molecule has 22 heavy (non-hydrogen) atoms. The molecule has 2 heterocycles. The fourth-order valence-electron chi connectivity index (χ4n) is 2.90. The summed E-state index contributed by atoms with van der Waals surface area (Å²) in [4.78, 5) is 19.9. The number of aromatic nitrogens is 2. The van der Waals surface area contributed by atoms with E-state index in [4.69, 9.17) is 0 Å². The summed E-state index contributed by atoms with van der Waals surface area (Å²) in [6, 6.07) is -0.202. The van der Waals surface area contributed by atoms with E-state index in [1.165, 1.54) is 4.90 Å². The van der Waals surface area contributed by atoms with E-state index in [-0.39, 0.29) is 12.0 Å². The molecule has 9 heteroatoms. The van der Waals surface area contributed by atoms with E-state index in [1.54, 1.807) is 0 Å². The number of hydrogen-bond donors (Lipinski definition) is 2. The van der Waals surface area contributed by atoms with Crippen LogP contribution < -0.4 is 5.32 Å². The molecule has 120 valence electrons. The van der Waals surface area contributed by atoms with E-state index in [2.05, 4.69) is 15.3 Å². The SMILES string of the molecule is O=C(O)N1C[C@@H]2C[C@@H]2C[C@H]1CNc1ncc(C(F)(F)F)cn1. The van der Waals surface area contributed by atoms with Crippen LogP contribution in [0.5, 0.6) is 0 Å². The van der Waals surface area contributed by atoms with Crippen LogP contribution in [0.15, 0.2) is 12.4 Å². The normalized spacial score (nSPS) is 27.2. The monoisotopic (exact) mass is 316 g/mol. The van der Waals surface area contributed by atoms with E-state index >= 15 is 0 Å². The molecule has 0 spiro atoms. The first-order valence-corrected chi connectivity index (χ1v) is 6.97. The predicted octanol–water partition coefficient (Wildman–Crippen LogP) is 2.30. The zero-order valence-corrected chi connectivity index (χ0v) is 11.5. The molecular weight excluding hydrogens is 301 g/mol. The second-order valence-electron chi connectivity index (χ2n) is 5.75. The highest BCUT2D eigenvalue weighted by atomic mass is 19.4. The number of hydrogen-bond acceptors (Lipinski definition) is 4. The number of halogens is 3. The van der Waals surface area contributed by atoms with Crippen molar-refractivity contribution in [3.8, 4) is 0 Å². The van der Waals surface area contributed by atoms with Gasteiger partial charge in [0.25, 0.3) is 0 Å². The van der Waals surface area contributed by atoms with E-state index in [1.807, 2.05) is 0 Å². The summed E-state index contributed by atoms with van der Waals surface area (Å²) in [5.41, 5.74) is -0.913. The Labute approximate surface area is 124 Å². The van der Waals surface area contributed by atoms with Gasteiger partial charge < -0.3 is 15.3 Å². The third kappa shape index (κ3) is 3.07. The molecule has 1 aliphatic carbocycles. The summed E-state index contributed by atoms with van der Waals surface area (Å²) < 4.78 is 37.2. The number of carboxylic acid groups (broad SMARTS) is 1. The van der Waals surface area contributed by atoms with Crippen LogP contribution in [0.4, 0.5) is 23.9 Å². The van der Waals surface area contributed by atoms with Gasteiger partial charge in [-0.2, -0.15) is 13.2 Å². The van der Waals surface area contributed by atoms with Gasteiger partial charge in [-0.1, -0.05) is 0 Å². The number of fused-ring (bicyclic) bond motifs is 1. The van der Waals surface area contributed by atoms with Gasteiger partial charge in [0.1, 0.15) is 0 Å². The Balaban J connectivity index is 1.60. The Bertz CT molecular complexity index is 563. The molecule has 3 atom stereocenters. The maximum absolute atomic E-state index is 12.4. The van der Waals surface area contributed by atoms with Crippen LogP contribution in [0, 0.1) is 11.8 Å². The van der Waals surface area contributed by atoms with Crippen LogP contribution in [0.25, 0.3) is 0 Å². The molecule has 1 saturated carbocycles. The standard InChI is InChI=1S/C13H15F3N4O2/c14-13(15,16)9-3-17-11(18-4-9)19-5-10-2-7-1-8(7)6-20(10)12(21)22/h3-4,7-8,10H,1-2,5-6H2,(H,21,22)(H,17,18,19)/t7-,8+,10+/m1/s1. The maximum atomic E-state index is 12.4. The Kier molecular flexibility index (Phi) is 3.57. The summed E-state index contributed by atoms with van der Waals surface area (Å²) >= 11 is 0. The van der Waals surface area contributed by atoms with Gasteiger partial charge in [-0.15, -0.1) is 0 Å². The smallest absolute Gasteiger partial charge is 0.419 e. The molecule has 1 amide bonds. The van der Waals surface area contributed by atoms with E-state index in [0.717, 1.165) is 12.8 Å². The number of piperidine rings is 1. The molecule has 0 bridgehead atoms. The molecule has 1 aromatic heterocycles. The third-order valence-electron chi connectivity index (χ3n) is 4.24. The Morgan fingerprint density at radius 1 is 1.32 bits per heavy atom. The molecule has 2 fully saturated rings. The van der Waals surface area contributed by atoms with Gasteiger partial charge in [-0.3, -0.25) is 0 Å². The van der Waals surface area contributed by atoms with Crippen molar-refractivity contribution >= 4 is 12.0 Å². The number of nitrogens with zero attached hydrogens (tertiary/aromatic N) is 3. The largest absolute Gasteiger partial charge is 0.465 e. The summed E-state index contributed by atoms with van der Waals surface area (Å²) in [5, 5.41) is 12.0. The first kappa shape index (κ1) is 14.9. The third-order valence-corrected chi connectivity index (χ3v) is 4.24. The number of carbonyl (C=O) groups is 1. The summed E-state index contributed by atoms with van der Waals surface area (Å²) in [7, 11) is 0. The molecular formula is C13H15F3N4O2. The number of likely N-dealkylation sites (tertiary alicyclic amines) is 1. The second-order valence-corrected chi connectivity index (χ2v) is 5.75. The minimum absolute atomic E-state index is 0.0660. The Hall–Kier alpha value is -2.06. The van der Waals surface area contributed by atoms with Gasteiger partial charge in [-0.25, -0.2) is 14.8 Å². The fraction of sp³-hybridized carbons (Fsp3) is 0.615. The Morgan fingerprint density at radius 3 is 2.59 bits per heavy atom. The molecule has 1 aromatic rings. The zero-order valence-electron chi connectivity index (χ0n) is 11.5. The zero-order chi connectivity index (χ0) is 15.9. The molecule has 0 radical (unpaired) electrons. The van der Waals surface area contributed by atoms with E-state index < -0.39 is 17.8 Å². The summed E-state index contributed by atoms with van der Waals surface area (Å²) in [5.74, 6) is 1.10. The van der Waals surface area contributed by atoms with Gasteiger partial charge in [-0.05, 0) is 24.7 Å². The minimum atomic E-state index is -4.47.